The van der Waals surface area contributed by atoms with Crippen LogP contribution < -0.4 is 10.6 Å². The molecule has 0 saturated carbocycles. The van der Waals surface area contributed by atoms with Gasteiger partial charge in [-0.3, -0.25) is 4.79 Å². The number of likely N-dealkylation sites (tertiary alicyclic amines) is 1. The molecule has 0 spiro atoms. The summed E-state index contributed by atoms with van der Waals surface area (Å²) in [6, 6.07) is 18.6. The summed E-state index contributed by atoms with van der Waals surface area (Å²) in [6.07, 6.45) is 6.25. The molecule has 0 unspecified atom stereocenters. The summed E-state index contributed by atoms with van der Waals surface area (Å²) >= 11 is 0. The molecule has 7 nitrogen and oxygen atoms in total. The van der Waals surface area contributed by atoms with E-state index in [9.17, 15) is 4.79 Å². The highest BCUT2D eigenvalue weighted by Crippen LogP contribution is 2.18. The number of nitrogens with zero attached hydrogens (tertiary/aromatic N) is 4. The Morgan fingerprint density at radius 3 is 2.58 bits per heavy atom. The molecule has 1 aliphatic heterocycles. The number of carbonyl (C=O) groups is 1. The molecule has 33 heavy (non-hydrogen) atoms. The summed E-state index contributed by atoms with van der Waals surface area (Å²) in [5.41, 5.74) is 4.64. The van der Waals surface area contributed by atoms with Crippen molar-refractivity contribution in [3.05, 3.63) is 83.7 Å². The van der Waals surface area contributed by atoms with Gasteiger partial charge in [-0.1, -0.05) is 36.4 Å². The molecule has 7 heteroatoms. The third kappa shape index (κ3) is 6.22. The first-order chi connectivity index (χ1) is 16.2. The average molecular weight is 445 g/mol. The lowest BCUT2D eigenvalue weighted by Gasteiger charge is -2.18. The molecule has 0 bridgehead atoms. The van der Waals surface area contributed by atoms with Crippen molar-refractivity contribution >= 4 is 11.9 Å². The minimum Gasteiger partial charge on any atom is -0.357 e. The summed E-state index contributed by atoms with van der Waals surface area (Å²) < 4.78 is 1.86. The Bertz CT molecular complexity index is 1060. The molecule has 2 heterocycles. The lowest BCUT2D eigenvalue weighted by molar-refractivity contribution is -0.128. The normalized spacial score (nSPS) is 14.0. The standard InChI is InChI=1S/C26H32N6O/c1-2-27-26(28-16-14-21-10-12-24(13-11-21)32-18-6-15-30-32)29-19-22-7-3-4-8-23(22)20-31-17-5-9-25(31)33/h3-4,6-8,10-13,15,18H,2,5,9,14,16-17,19-20H2,1H3,(H2,27,28,29). The van der Waals surface area contributed by atoms with Gasteiger partial charge in [0.05, 0.1) is 12.2 Å². The molecular formula is C26H32N6O. The largest absolute Gasteiger partial charge is 0.357 e. The second-order valence-corrected chi connectivity index (χ2v) is 8.18. The molecule has 1 aromatic heterocycles. The Morgan fingerprint density at radius 1 is 1.06 bits per heavy atom. The molecule has 0 aliphatic carbocycles. The maximum absolute atomic E-state index is 12.0. The Hall–Kier alpha value is -3.61. The molecule has 4 rings (SSSR count). The zero-order valence-electron chi connectivity index (χ0n) is 19.2. The van der Waals surface area contributed by atoms with E-state index in [4.69, 9.17) is 4.99 Å². The summed E-state index contributed by atoms with van der Waals surface area (Å²) in [6.45, 7) is 5.75. The maximum atomic E-state index is 12.0. The number of aliphatic imine (C=N–C) groups is 1. The van der Waals surface area contributed by atoms with Crippen LogP contribution in [0, 0.1) is 0 Å². The molecule has 1 saturated heterocycles. The molecule has 1 amide bonds. The van der Waals surface area contributed by atoms with E-state index in [1.807, 2.05) is 34.0 Å². The minimum absolute atomic E-state index is 0.251. The van der Waals surface area contributed by atoms with Gasteiger partial charge in [-0.2, -0.15) is 5.10 Å². The quantitative estimate of drug-likeness (QED) is 0.392. The van der Waals surface area contributed by atoms with Crippen LogP contribution in [0.15, 0.2) is 72.0 Å². The molecule has 1 fully saturated rings. The molecule has 2 aromatic carbocycles. The summed E-state index contributed by atoms with van der Waals surface area (Å²) in [5.74, 6) is 1.05. The van der Waals surface area contributed by atoms with Gasteiger partial charge in [-0.05, 0) is 54.7 Å². The van der Waals surface area contributed by atoms with Crippen LogP contribution in [0.5, 0.6) is 0 Å². The molecule has 0 radical (unpaired) electrons. The number of hydrogen-bond donors (Lipinski definition) is 2. The molecule has 172 valence electrons. The minimum atomic E-state index is 0.251. The second kappa shape index (κ2) is 11.3. The van der Waals surface area contributed by atoms with Gasteiger partial charge in [-0.25, -0.2) is 9.67 Å². The van der Waals surface area contributed by atoms with Crippen LogP contribution >= 0.6 is 0 Å². The van der Waals surface area contributed by atoms with Crippen LogP contribution in [0.4, 0.5) is 0 Å². The van der Waals surface area contributed by atoms with Crippen molar-refractivity contribution in [3.63, 3.8) is 0 Å². The SMILES string of the molecule is CCNC(=NCc1ccccc1CN1CCCC1=O)NCCc1ccc(-n2cccn2)cc1. The highest BCUT2D eigenvalue weighted by Gasteiger charge is 2.20. The van der Waals surface area contributed by atoms with Crippen molar-refractivity contribution in [1.29, 1.82) is 0 Å². The first-order valence-electron chi connectivity index (χ1n) is 11.7. The average Bonchev–Trinajstić information content (AvgIpc) is 3.51. The van der Waals surface area contributed by atoms with Crippen LogP contribution in [-0.4, -0.2) is 46.2 Å². The monoisotopic (exact) mass is 444 g/mol. The molecule has 0 atom stereocenters. The fourth-order valence-electron chi connectivity index (χ4n) is 4.01. The number of carbonyl (C=O) groups excluding carboxylic acids is 1. The summed E-state index contributed by atoms with van der Waals surface area (Å²) in [5, 5.41) is 11.0. The van der Waals surface area contributed by atoms with Crippen LogP contribution in [0.3, 0.4) is 0 Å². The van der Waals surface area contributed by atoms with E-state index in [1.54, 1.807) is 6.20 Å². The lowest BCUT2D eigenvalue weighted by Crippen LogP contribution is -2.38. The highest BCUT2D eigenvalue weighted by atomic mass is 16.2. The Balaban J connectivity index is 1.33. The fourth-order valence-corrected chi connectivity index (χ4v) is 4.01. The van der Waals surface area contributed by atoms with Gasteiger partial charge in [-0.15, -0.1) is 0 Å². The number of nitrogens with one attached hydrogen (secondary N) is 2. The number of rotatable bonds is 9. The number of amides is 1. The predicted octanol–water partition coefficient (Wildman–Crippen LogP) is 3.29. The van der Waals surface area contributed by atoms with E-state index in [2.05, 4.69) is 59.1 Å². The maximum Gasteiger partial charge on any atom is 0.222 e. The van der Waals surface area contributed by atoms with Gasteiger partial charge in [0.2, 0.25) is 5.91 Å². The van der Waals surface area contributed by atoms with E-state index in [1.165, 1.54) is 11.1 Å². The number of aromatic nitrogens is 2. The lowest BCUT2D eigenvalue weighted by atomic mass is 10.1. The Kier molecular flexibility index (Phi) is 7.74. The van der Waals surface area contributed by atoms with Gasteiger partial charge < -0.3 is 15.5 Å². The van der Waals surface area contributed by atoms with Crippen molar-refractivity contribution in [2.24, 2.45) is 4.99 Å². The Morgan fingerprint density at radius 2 is 1.88 bits per heavy atom. The van der Waals surface area contributed by atoms with Gasteiger partial charge >= 0.3 is 0 Å². The third-order valence-corrected chi connectivity index (χ3v) is 5.81. The number of hydrogen-bond acceptors (Lipinski definition) is 3. The van der Waals surface area contributed by atoms with Crippen molar-refractivity contribution in [2.75, 3.05) is 19.6 Å². The molecule has 3 aromatic rings. The number of guanidine groups is 1. The van der Waals surface area contributed by atoms with E-state index in [0.717, 1.165) is 49.7 Å². The van der Waals surface area contributed by atoms with Gasteiger partial charge in [0, 0.05) is 45.0 Å². The molecule has 1 aliphatic rings. The van der Waals surface area contributed by atoms with Crippen molar-refractivity contribution in [2.45, 2.75) is 39.3 Å². The van der Waals surface area contributed by atoms with Gasteiger partial charge in [0.1, 0.15) is 0 Å². The van der Waals surface area contributed by atoms with Crippen molar-refractivity contribution < 1.29 is 4.79 Å². The van der Waals surface area contributed by atoms with Gasteiger partial charge in [0.25, 0.3) is 0 Å². The van der Waals surface area contributed by atoms with Crippen LogP contribution in [0.25, 0.3) is 5.69 Å². The molecule has 2 N–H and O–H groups in total. The smallest absolute Gasteiger partial charge is 0.222 e. The van der Waals surface area contributed by atoms with Crippen molar-refractivity contribution in [3.8, 4) is 5.69 Å². The van der Waals surface area contributed by atoms with Crippen LogP contribution in [0.1, 0.15) is 36.5 Å². The zero-order chi connectivity index (χ0) is 22.9. The highest BCUT2D eigenvalue weighted by molar-refractivity contribution is 5.80. The van der Waals surface area contributed by atoms with Gasteiger partial charge in [0.15, 0.2) is 5.96 Å². The van der Waals surface area contributed by atoms with E-state index in [0.29, 0.717) is 19.5 Å². The van der Waals surface area contributed by atoms with Crippen LogP contribution in [-0.2, 0) is 24.3 Å². The van der Waals surface area contributed by atoms with Crippen molar-refractivity contribution in [1.82, 2.24) is 25.3 Å². The number of benzene rings is 2. The fraction of sp³-hybridized carbons (Fsp3) is 0.346. The topological polar surface area (TPSA) is 74.6 Å². The zero-order valence-corrected chi connectivity index (χ0v) is 19.2. The first-order valence-corrected chi connectivity index (χ1v) is 11.7. The van der Waals surface area contributed by atoms with E-state index < -0.39 is 0 Å². The second-order valence-electron chi connectivity index (χ2n) is 8.18. The summed E-state index contributed by atoms with van der Waals surface area (Å²) in [7, 11) is 0. The van der Waals surface area contributed by atoms with E-state index in [-0.39, 0.29) is 5.91 Å². The third-order valence-electron chi connectivity index (χ3n) is 5.81. The van der Waals surface area contributed by atoms with Crippen LogP contribution in [0.2, 0.25) is 0 Å². The summed E-state index contributed by atoms with van der Waals surface area (Å²) in [4.78, 5) is 18.8. The van der Waals surface area contributed by atoms with E-state index >= 15 is 0 Å². The first kappa shape index (κ1) is 22.6. The molecular weight excluding hydrogens is 412 g/mol. The predicted molar refractivity (Wildman–Crippen MR) is 131 cm³/mol. The Labute approximate surface area is 195 Å².